The normalized spacial score (nSPS) is 10.7. The highest BCUT2D eigenvalue weighted by Crippen LogP contribution is 2.30. The van der Waals surface area contributed by atoms with Crippen LogP contribution in [0.15, 0.2) is 22.5 Å². The quantitative estimate of drug-likeness (QED) is 0.857. The number of thiazole rings is 1. The van der Waals surface area contributed by atoms with E-state index in [-0.39, 0.29) is 9.90 Å². The average Bonchev–Trinajstić information content (AvgIpc) is 2.72. The van der Waals surface area contributed by atoms with Crippen molar-refractivity contribution >= 4 is 40.7 Å². The van der Waals surface area contributed by atoms with Gasteiger partial charge in [0.2, 0.25) is 0 Å². The van der Waals surface area contributed by atoms with Gasteiger partial charge in [0.15, 0.2) is 4.34 Å². The Kier molecular flexibility index (Phi) is 4.44. The van der Waals surface area contributed by atoms with Gasteiger partial charge in [0.05, 0.1) is 10.7 Å². The molecule has 0 amide bonds. The standard InChI is InChI=1S/C12H9ClFNO2S2/c1-6-10(11(16)17)19-12(15-6)18-5-7-2-3-8(13)9(14)4-7/h2-4H,5H2,1H3,(H,16,17). The van der Waals surface area contributed by atoms with Crippen LogP contribution in [0, 0.1) is 12.7 Å². The molecule has 2 aromatic rings. The van der Waals surface area contributed by atoms with Crippen molar-refractivity contribution in [1.29, 1.82) is 0 Å². The Morgan fingerprint density at radius 2 is 2.32 bits per heavy atom. The summed E-state index contributed by atoms with van der Waals surface area (Å²) in [6.45, 7) is 1.66. The number of carboxylic acids is 1. The molecule has 3 nitrogen and oxygen atoms in total. The number of halogens is 2. The van der Waals surface area contributed by atoms with Crippen molar-refractivity contribution in [2.75, 3.05) is 0 Å². The molecule has 0 radical (unpaired) electrons. The first-order valence-electron chi connectivity index (χ1n) is 5.25. The summed E-state index contributed by atoms with van der Waals surface area (Å²) in [5.74, 6) is -0.916. The number of nitrogens with zero attached hydrogens (tertiary/aromatic N) is 1. The fraction of sp³-hybridized carbons (Fsp3) is 0.167. The van der Waals surface area contributed by atoms with Crippen molar-refractivity contribution in [2.45, 2.75) is 17.0 Å². The third kappa shape index (κ3) is 3.46. The van der Waals surface area contributed by atoms with E-state index >= 15 is 0 Å². The van der Waals surface area contributed by atoms with E-state index in [9.17, 15) is 9.18 Å². The number of aryl methyl sites for hydroxylation is 1. The molecule has 0 aliphatic carbocycles. The first kappa shape index (κ1) is 14.3. The lowest BCUT2D eigenvalue weighted by atomic mass is 10.2. The van der Waals surface area contributed by atoms with Crippen LogP contribution in [0.1, 0.15) is 20.9 Å². The lowest BCUT2D eigenvalue weighted by Crippen LogP contribution is -1.94. The minimum Gasteiger partial charge on any atom is -0.477 e. The molecule has 0 saturated carbocycles. The molecule has 0 atom stereocenters. The van der Waals surface area contributed by atoms with Crippen molar-refractivity contribution in [1.82, 2.24) is 4.98 Å². The highest BCUT2D eigenvalue weighted by atomic mass is 35.5. The van der Waals surface area contributed by atoms with E-state index in [1.807, 2.05) is 0 Å². The van der Waals surface area contributed by atoms with Crippen LogP contribution in [0.4, 0.5) is 4.39 Å². The fourth-order valence-electron chi connectivity index (χ4n) is 1.41. The SMILES string of the molecule is Cc1nc(SCc2ccc(Cl)c(F)c2)sc1C(=O)O. The second-order valence-electron chi connectivity index (χ2n) is 3.74. The zero-order valence-corrected chi connectivity index (χ0v) is 12.2. The van der Waals surface area contributed by atoms with Gasteiger partial charge < -0.3 is 5.11 Å². The van der Waals surface area contributed by atoms with Crippen molar-refractivity contribution in [3.05, 3.63) is 45.2 Å². The van der Waals surface area contributed by atoms with Crippen LogP contribution in [0.3, 0.4) is 0 Å². The molecule has 100 valence electrons. The second kappa shape index (κ2) is 5.90. The van der Waals surface area contributed by atoms with Gasteiger partial charge in [-0.2, -0.15) is 0 Å². The predicted molar refractivity (Wildman–Crippen MR) is 74.8 cm³/mol. The molecule has 19 heavy (non-hydrogen) atoms. The zero-order chi connectivity index (χ0) is 14.0. The topological polar surface area (TPSA) is 50.2 Å². The van der Waals surface area contributed by atoms with E-state index < -0.39 is 11.8 Å². The molecule has 0 spiro atoms. The van der Waals surface area contributed by atoms with Crippen LogP contribution < -0.4 is 0 Å². The number of aromatic nitrogens is 1. The predicted octanol–water partition coefficient (Wildman–Crippen LogP) is 4.23. The van der Waals surface area contributed by atoms with Gasteiger partial charge >= 0.3 is 5.97 Å². The zero-order valence-electron chi connectivity index (χ0n) is 9.81. The summed E-state index contributed by atoms with van der Waals surface area (Å²) >= 11 is 8.10. The van der Waals surface area contributed by atoms with Crippen LogP contribution in [-0.4, -0.2) is 16.1 Å². The van der Waals surface area contributed by atoms with E-state index in [2.05, 4.69) is 4.98 Å². The molecule has 0 bridgehead atoms. The van der Waals surface area contributed by atoms with E-state index in [0.717, 1.165) is 16.9 Å². The van der Waals surface area contributed by atoms with Crippen LogP contribution >= 0.6 is 34.7 Å². The Bertz CT molecular complexity index is 630. The Labute approximate surface area is 122 Å². The molecule has 0 unspecified atom stereocenters. The van der Waals surface area contributed by atoms with Crippen LogP contribution in [0.2, 0.25) is 5.02 Å². The Hall–Kier alpha value is -1.11. The van der Waals surface area contributed by atoms with Gasteiger partial charge in [-0.05, 0) is 24.6 Å². The number of rotatable bonds is 4. The van der Waals surface area contributed by atoms with Gasteiger partial charge in [-0.1, -0.05) is 29.4 Å². The summed E-state index contributed by atoms with van der Waals surface area (Å²) in [7, 11) is 0. The van der Waals surface area contributed by atoms with Crippen molar-refractivity contribution < 1.29 is 14.3 Å². The number of thioether (sulfide) groups is 1. The van der Waals surface area contributed by atoms with Crippen molar-refractivity contribution in [3.8, 4) is 0 Å². The lowest BCUT2D eigenvalue weighted by molar-refractivity contribution is 0.0701. The lowest BCUT2D eigenvalue weighted by Gasteiger charge is -2.00. The van der Waals surface area contributed by atoms with E-state index in [1.165, 1.54) is 23.9 Å². The summed E-state index contributed by atoms with van der Waals surface area (Å²) in [6.07, 6.45) is 0. The van der Waals surface area contributed by atoms with Crippen LogP contribution in [0.25, 0.3) is 0 Å². The molecule has 1 heterocycles. The molecule has 0 aliphatic heterocycles. The van der Waals surface area contributed by atoms with E-state index in [4.69, 9.17) is 16.7 Å². The summed E-state index contributed by atoms with van der Waals surface area (Å²) < 4.78 is 13.9. The van der Waals surface area contributed by atoms with Crippen molar-refractivity contribution in [2.24, 2.45) is 0 Å². The molecule has 1 aromatic heterocycles. The number of carbonyl (C=O) groups is 1. The minimum atomic E-state index is -0.973. The number of benzene rings is 1. The average molecular weight is 318 g/mol. The second-order valence-corrected chi connectivity index (χ2v) is 6.37. The van der Waals surface area contributed by atoms with Crippen LogP contribution in [-0.2, 0) is 5.75 Å². The molecule has 7 heteroatoms. The minimum absolute atomic E-state index is 0.0898. The highest BCUT2D eigenvalue weighted by Gasteiger charge is 2.14. The molecule has 0 aliphatic rings. The molecular formula is C12H9ClFNO2S2. The van der Waals surface area contributed by atoms with Gasteiger partial charge in [-0.15, -0.1) is 11.3 Å². The number of hydrogen-bond acceptors (Lipinski definition) is 4. The molecular weight excluding hydrogens is 309 g/mol. The van der Waals surface area contributed by atoms with E-state index in [0.29, 0.717) is 15.8 Å². The molecule has 0 fully saturated rings. The Morgan fingerprint density at radius 3 is 2.89 bits per heavy atom. The van der Waals surface area contributed by atoms with Gasteiger partial charge in [0.1, 0.15) is 10.7 Å². The van der Waals surface area contributed by atoms with Crippen LogP contribution in [0.5, 0.6) is 0 Å². The highest BCUT2D eigenvalue weighted by molar-refractivity contribution is 8.00. The first-order valence-corrected chi connectivity index (χ1v) is 7.43. The number of hydrogen-bond donors (Lipinski definition) is 1. The summed E-state index contributed by atoms with van der Waals surface area (Å²) in [6, 6.07) is 4.60. The van der Waals surface area contributed by atoms with Gasteiger partial charge in [0, 0.05) is 5.75 Å². The van der Waals surface area contributed by atoms with Crippen molar-refractivity contribution in [3.63, 3.8) is 0 Å². The molecule has 2 rings (SSSR count). The Morgan fingerprint density at radius 1 is 1.58 bits per heavy atom. The smallest absolute Gasteiger partial charge is 0.347 e. The van der Waals surface area contributed by atoms with Gasteiger partial charge in [-0.25, -0.2) is 14.2 Å². The first-order chi connectivity index (χ1) is 8.97. The third-order valence-corrected chi connectivity index (χ3v) is 4.98. The van der Waals surface area contributed by atoms with Gasteiger partial charge in [0.25, 0.3) is 0 Å². The van der Waals surface area contributed by atoms with E-state index in [1.54, 1.807) is 13.0 Å². The Balaban J connectivity index is 2.08. The fourth-order valence-corrected chi connectivity index (χ4v) is 3.50. The molecule has 1 N–H and O–H groups in total. The summed E-state index contributed by atoms with van der Waals surface area (Å²) in [5, 5.41) is 9.02. The number of carboxylic acid groups (broad SMARTS) is 1. The van der Waals surface area contributed by atoms with Gasteiger partial charge in [-0.3, -0.25) is 0 Å². The third-order valence-electron chi connectivity index (χ3n) is 2.32. The molecule has 1 aromatic carbocycles. The number of aromatic carboxylic acids is 1. The largest absolute Gasteiger partial charge is 0.477 e. The summed E-state index contributed by atoms with van der Waals surface area (Å²) in [5.41, 5.74) is 1.28. The summed E-state index contributed by atoms with van der Waals surface area (Å²) in [4.78, 5) is 15.3. The maximum Gasteiger partial charge on any atom is 0.347 e. The molecule has 0 saturated heterocycles. The maximum absolute atomic E-state index is 13.2. The maximum atomic E-state index is 13.2. The monoisotopic (exact) mass is 317 g/mol.